The van der Waals surface area contributed by atoms with Crippen LogP contribution >= 0.6 is 11.6 Å². The Balaban J connectivity index is 2.14. The molecule has 0 spiro atoms. The topological polar surface area (TPSA) is 41.5 Å². The highest BCUT2D eigenvalue weighted by atomic mass is 35.5. The van der Waals surface area contributed by atoms with Crippen molar-refractivity contribution in [2.75, 3.05) is 12.4 Å². The summed E-state index contributed by atoms with van der Waals surface area (Å²) >= 11 is 5.90. The molecule has 0 saturated carbocycles. The molecule has 0 aliphatic heterocycles. The van der Waals surface area contributed by atoms with Crippen molar-refractivity contribution >= 4 is 17.3 Å². The van der Waals surface area contributed by atoms with Gasteiger partial charge in [-0.3, -0.25) is 0 Å². The molecular formula is C14H13ClFNO2. The molecule has 0 bridgehead atoms. The third-order valence-electron chi connectivity index (χ3n) is 2.69. The van der Waals surface area contributed by atoms with E-state index in [4.69, 9.17) is 16.3 Å². The third-order valence-corrected chi connectivity index (χ3v) is 3.00. The molecule has 2 N–H and O–H groups in total. The number of phenols is 1. The van der Waals surface area contributed by atoms with Crippen molar-refractivity contribution in [1.29, 1.82) is 0 Å². The van der Waals surface area contributed by atoms with Crippen LogP contribution in [0, 0.1) is 5.82 Å². The fourth-order valence-corrected chi connectivity index (χ4v) is 1.89. The lowest BCUT2D eigenvalue weighted by atomic mass is 10.2. The van der Waals surface area contributed by atoms with E-state index in [1.807, 2.05) is 0 Å². The highest BCUT2D eigenvalue weighted by Gasteiger charge is 2.05. The first-order chi connectivity index (χ1) is 9.10. The van der Waals surface area contributed by atoms with Crippen molar-refractivity contribution in [3.8, 4) is 11.5 Å². The Bertz CT molecular complexity index is 590. The van der Waals surface area contributed by atoms with Gasteiger partial charge in [0.25, 0.3) is 0 Å². The molecule has 0 amide bonds. The fourth-order valence-electron chi connectivity index (χ4n) is 1.65. The predicted molar refractivity (Wildman–Crippen MR) is 73.4 cm³/mol. The largest absolute Gasteiger partial charge is 0.508 e. The minimum atomic E-state index is -0.389. The first-order valence-corrected chi connectivity index (χ1v) is 6.03. The number of methoxy groups -OCH3 is 1. The molecule has 3 nitrogen and oxygen atoms in total. The monoisotopic (exact) mass is 281 g/mol. The molecule has 0 atom stereocenters. The van der Waals surface area contributed by atoms with Crippen LogP contribution in [0.1, 0.15) is 5.56 Å². The standard InChI is InChI=1S/C14H13ClFNO2/c1-19-11-3-5-14(18)9(6-11)8-17-13-4-2-10(16)7-12(13)15/h2-7,17-18H,8H2,1H3. The molecule has 0 unspecified atom stereocenters. The second kappa shape index (κ2) is 5.80. The summed E-state index contributed by atoms with van der Waals surface area (Å²) in [5.74, 6) is 0.422. The van der Waals surface area contributed by atoms with Crippen LogP contribution in [0.3, 0.4) is 0 Å². The van der Waals surface area contributed by atoms with Crippen LogP contribution in [-0.4, -0.2) is 12.2 Å². The van der Waals surface area contributed by atoms with E-state index in [1.54, 1.807) is 31.4 Å². The van der Waals surface area contributed by atoms with Crippen LogP contribution in [0.15, 0.2) is 36.4 Å². The van der Waals surface area contributed by atoms with Crippen LogP contribution in [0.25, 0.3) is 0 Å². The number of phenolic OH excluding ortho intramolecular Hbond substituents is 1. The van der Waals surface area contributed by atoms with Crippen molar-refractivity contribution in [1.82, 2.24) is 0 Å². The Hall–Kier alpha value is -1.94. The van der Waals surface area contributed by atoms with E-state index < -0.39 is 0 Å². The van der Waals surface area contributed by atoms with E-state index >= 15 is 0 Å². The van der Waals surface area contributed by atoms with Gasteiger partial charge >= 0.3 is 0 Å². The molecule has 100 valence electrons. The fraction of sp³-hybridized carbons (Fsp3) is 0.143. The number of rotatable bonds is 4. The lowest BCUT2D eigenvalue weighted by molar-refractivity contribution is 0.411. The number of benzene rings is 2. The van der Waals surface area contributed by atoms with E-state index in [-0.39, 0.29) is 11.6 Å². The molecule has 0 radical (unpaired) electrons. The van der Waals surface area contributed by atoms with Gasteiger partial charge in [0.15, 0.2) is 0 Å². The van der Waals surface area contributed by atoms with Crippen LogP contribution in [0.4, 0.5) is 10.1 Å². The first kappa shape index (κ1) is 13.5. The predicted octanol–water partition coefficient (Wildman–Crippen LogP) is 3.81. The van der Waals surface area contributed by atoms with E-state index in [0.717, 1.165) is 0 Å². The van der Waals surface area contributed by atoms with Gasteiger partial charge in [0.2, 0.25) is 0 Å². The number of halogens is 2. The summed E-state index contributed by atoms with van der Waals surface area (Å²) in [6, 6.07) is 9.05. The van der Waals surface area contributed by atoms with Gasteiger partial charge in [-0.15, -0.1) is 0 Å². The van der Waals surface area contributed by atoms with E-state index in [9.17, 15) is 9.50 Å². The molecule has 5 heteroatoms. The molecule has 0 aliphatic carbocycles. The summed E-state index contributed by atoms with van der Waals surface area (Å²) in [6.07, 6.45) is 0. The molecular weight excluding hydrogens is 269 g/mol. The molecule has 19 heavy (non-hydrogen) atoms. The first-order valence-electron chi connectivity index (χ1n) is 5.65. The zero-order valence-electron chi connectivity index (χ0n) is 10.3. The van der Waals surface area contributed by atoms with E-state index in [1.165, 1.54) is 12.1 Å². The minimum absolute atomic E-state index is 0.159. The summed E-state index contributed by atoms with van der Waals surface area (Å²) in [5.41, 5.74) is 1.27. The van der Waals surface area contributed by atoms with Crippen molar-refractivity contribution < 1.29 is 14.2 Å². The van der Waals surface area contributed by atoms with Crippen LogP contribution in [-0.2, 0) is 6.54 Å². The van der Waals surface area contributed by atoms with Crippen molar-refractivity contribution in [3.05, 3.63) is 52.8 Å². The smallest absolute Gasteiger partial charge is 0.124 e. The Labute approximate surface area is 115 Å². The highest BCUT2D eigenvalue weighted by molar-refractivity contribution is 6.33. The molecule has 0 saturated heterocycles. The van der Waals surface area contributed by atoms with Crippen molar-refractivity contribution in [2.45, 2.75) is 6.54 Å². The van der Waals surface area contributed by atoms with Gasteiger partial charge in [-0.1, -0.05) is 11.6 Å². The summed E-state index contributed by atoms with van der Waals surface area (Å²) in [6.45, 7) is 0.356. The summed E-state index contributed by atoms with van der Waals surface area (Å²) in [7, 11) is 1.56. The van der Waals surface area contributed by atoms with E-state index in [0.29, 0.717) is 28.6 Å². The number of hydrogen-bond acceptors (Lipinski definition) is 3. The van der Waals surface area contributed by atoms with Crippen LogP contribution < -0.4 is 10.1 Å². The number of ether oxygens (including phenoxy) is 1. The third kappa shape index (κ3) is 3.29. The number of aromatic hydroxyl groups is 1. The van der Waals surface area contributed by atoms with Crippen molar-refractivity contribution in [2.24, 2.45) is 0 Å². The molecule has 0 aliphatic rings. The van der Waals surface area contributed by atoms with Gasteiger partial charge in [-0.05, 0) is 36.4 Å². The van der Waals surface area contributed by atoms with Crippen molar-refractivity contribution in [3.63, 3.8) is 0 Å². The number of hydrogen-bond donors (Lipinski definition) is 2. The maximum atomic E-state index is 12.9. The normalized spacial score (nSPS) is 10.3. The van der Waals surface area contributed by atoms with Gasteiger partial charge in [-0.2, -0.15) is 0 Å². The zero-order chi connectivity index (χ0) is 13.8. The molecule has 0 aromatic heterocycles. The van der Waals surface area contributed by atoms with Gasteiger partial charge < -0.3 is 15.2 Å². The Kier molecular flexibility index (Phi) is 4.12. The average molecular weight is 282 g/mol. The maximum Gasteiger partial charge on any atom is 0.124 e. The van der Waals surface area contributed by atoms with E-state index in [2.05, 4.69) is 5.32 Å². The average Bonchev–Trinajstić information content (AvgIpc) is 2.39. The lowest BCUT2D eigenvalue weighted by Gasteiger charge is -2.11. The van der Waals surface area contributed by atoms with Crippen LogP contribution in [0.2, 0.25) is 5.02 Å². The van der Waals surface area contributed by atoms with Gasteiger partial charge in [0.05, 0.1) is 17.8 Å². The highest BCUT2D eigenvalue weighted by Crippen LogP contribution is 2.26. The van der Waals surface area contributed by atoms with Gasteiger partial charge in [0.1, 0.15) is 17.3 Å². The van der Waals surface area contributed by atoms with Crippen LogP contribution in [0.5, 0.6) is 11.5 Å². The Morgan fingerprint density at radius 3 is 2.74 bits per heavy atom. The summed E-state index contributed by atoms with van der Waals surface area (Å²) in [5, 5.41) is 13.1. The minimum Gasteiger partial charge on any atom is -0.508 e. The summed E-state index contributed by atoms with van der Waals surface area (Å²) < 4.78 is 18.0. The molecule has 0 heterocycles. The Morgan fingerprint density at radius 2 is 2.05 bits per heavy atom. The van der Waals surface area contributed by atoms with Gasteiger partial charge in [-0.25, -0.2) is 4.39 Å². The Morgan fingerprint density at radius 1 is 1.26 bits per heavy atom. The molecule has 2 aromatic carbocycles. The number of nitrogens with one attached hydrogen (secondary N) is 1. The summed E-state index contributed by atoms with van der Waals surface area (Å²) in [4.78, 5) is 0. The quantitative estimate of drug-likeness (QED) is 0.895. The molecule has 0 fully saturated rings. The zero-order valence-corrected chi connectivity index (χ0v) is 11.0. The van der Waals surface area contributed by atoms with Gasteiger partial charge in [0, 0.05) is 12.1 Å². The maximum absolute atomic E-state index is 12.9. The molecule has 2 aromatic rings. The molecule has 2 rings (SSSR count). The second-order valence-corrected chi connectivity index (χ2v) is 4.38. The number of anilines is 1. The lowest BCUT2D eigenvalue weighted by Crippen LogP contribution is -2.01. The second-order valence-electron chi connectivity index (χ2n) is 3.97. The SMILES string of the molecule is COc1ccc(O)c(CNc2ccc(F)cc2Cl)c1.